The molecule has 0 heterocycles. The van der Waals surface area contributed by atoms with E-state index in [1.165, 1.54) is 12.5 Å². The van der Waals surface area contributed by atoms with E-state index in [2.05, 4.69) is 5.16 Å². The molecule has 5 heteroatoms. The van der Waals surface area contributed by atoms with E-state index < -0.39 is 0 Å². The van der Waals surface area contributed by atoms with Crippen molar-refractivity contribution in [1.82, 2.24) is 0 Å². The molecule has 1 saturated carbocycles. The number of anilines is 1. The van der Waals surface area contributed by atoms with E-state index in [1.807, 2.05) is 11.9 Å². The second-order valence-corrected chi connectivity index (χ2v) is 4.35. The molecular formula is C12H16FN3O. The summed E-state index contributed by atoms with van der Waals surface area (Å²) in [7, 11) is 1.89. The van der Waals surface area contributed by atoms with Gasteiger partial charge < -0.3 is 15.8 Å². The fourth-order valence-electron chi connectivity index (χ4n) is 1.98. The lowest BCUT2D eigenvalue weighted by Gasteiger charge is -2.36. The average Bonchev–Trinajstić information content (AvgIpc) is 2.25. The lowest BCUT2D eigenvalue weighted by atomic mass is 9.91. The van der Waals surface area contributed by atoms with Crippen LogP contribution in [0.5, 0.6) is 0 Å². The number of oxime groups is 1. The molecule has 0 bridgehead atoms. The number of nitrogens with zero attached hydrogens (tertiary/aromatic N) is 2. The SMILES string of the molecule is CN(c1ccc(/C(N)=N/O)cc1F)C1CCC1. The lowest BCUT2D eigenvalue weighted by Crippen LogP contribution is -2.37. The Bertz CT molecular complexity index is 443. The van der Waals surface area contributed by atoms with E-state index in [4.69, 9.17) is 10.9 Å². The summed E-state index contributed by atoms with van der Waals surface area (Å²) >= 11 is 0. The minimum Gasteiger partial charge on any atom is -0.409 e. The van der Waals surface area contributed by atoms with E-state index in [0.29, 0.717) is 17.3 Å². The molecule has 0 unspecified atom stereocenters. The van der Waals surface area contributed by atoms with Crippen LogP contribution in [-0.2, 0) is 0 Å². The molecule has 0 atom stereocenters. The van der Waals surface area contributed by atoms with Crippen molar-refractivity contribution in [1.29, 1.82) is 0 Å². The van der Waals surface area contributed by atoms with Crippen molar-refractivity contribution in [2.75, 3.05) is 11.9 Å². The smallest absolute Gasteiger partial charge is 0.170 e. The summed E-state index contributed by atoms with van der Waals surface area (Å²) in [5.74, 6) is -0.426. The number of benzene rings is 1. The normalized spacial score (nSPS) is 16.7. The Kier molecular flexibility index (Phi) is 3.17. The molecule has 1 fully saturated rings. The number of hydrogen-bond donors (Lipinski definition) is 2. The first-order valence-electron chi connectivity index (χ1n) is 5.63. The van der Waals surface area contributed by atoms with Crippen LogP contribution >= 0.6 is 0 Å². The fraction of sp³-hybridized carbons (Fsp3) is 0.417. The van der Waals surface area contributed by atoms with Crippen LogP contribution in [0.2, 0.25) is 0 Å². The molecular weight excluding hydrogens is 221 g/mol. The van der Waals surface area contributed by atoms with Crippen LogP contribution in [0.25, 0.3) is 0 Å². The molecule has 17 heavy (non-hydrogen) atoms. The van der Waals surface area contributed by atoms with Crippen molar-refractivity contribution in [3.8, 4) is 0 Å². The second kappa shape index (κ2) is 4.61. The highest BCUT2D eigenvalue weighted by atomic mass is 19.1. The van der Waals surface area contributed by atoms with Crippen LogP contribution < -0.4 is 10.6 Å². The number of hydrogen-bond acceptors (Lipinski definition) is 3. The van der Waals surface area contributed by atoms with Crippen molar-refractivity contribution in [2.24, 2.45) is 10.9 Å². The van der Waals surface area contributed by atoms with Crippen molar-refractivity contribution in [2.45, 2.75) is 25.3 Å². The Morgan fingerprint density at radius 3 is 2.71 bits per heavy atom. The minimum absolute atomic E-state index is 0.0817. The third-order valence-electron chi connectivity index (χ3n) is 3.35. The van der Waals surface area contributed by atoms with Crippen LogP contribution in [0.15, 0.2) is 23.4 Å². The quantitative estimate of drug-likeness (QED) is 0.365. The maximum absolute atomic E-state index is 13.9. The maximum Gasteiger partial charge on any atom is 0.170 e. The zero-order valence-electron chi connectivity index (χ0n) is 9.73. The molecule has 0 radical (unpaired) electrons. The number of nitrogens with two attached hydrogens (primary N) is 1. The van der Waals surface area contributed by atoms with Crippen LogP contribution in [0, 0.1) is 5.82 Å². The molecule has 4 nitrogen and oxygen atoms in total. The first kappa shape index (κ1) is 11.7. The number of halogens is 1. The third-order valence-corrected chi connectivity index (χ3v) is 3.35. The van der Waals surface area contributed by atoms with Gasteiger partial charge in [0.2, 0.25) is 0 Å². The lowest BCUT2D eigenvalue weighted by molar-refractivity contribution is 0.318. The van der Waals surface area contributed by atoms with Gasteiger partial charge in [-0.2, -0.15) is 0 Å². The van der Waals surface area contributed by atoms with Crippen molar-refractivity contribution < 1.29 is 9.60 Å². The van der Waals surface area contributed by atoms with E-state index in [-0.39, 0.29) is 11.7 Å². The summed E-state index contributed by atoms with van der Waals surface area (Å²) < 4.78 is 13.9. The van der Waals surface area contributed by atoms with Crippen molar-refractivity contribution >= 4 is 11.5 Å². The van der Waals surface area contributed by atoms with Gasteiger partial charge in [0.15, 0.2) is 5.84 Å². The Labute approximate surface area is 99.5 Å². The van der Waals surface area contributed by atoms with Gasteiger partial charge in [-0.05, 0) is 37.5 Å². The van der Waals surface area contributed by atoms with Crippen LogP contribution in [0.3, 0.4) is 0 Å². The molecule has 2 rings (SSSR count). The van der Waals surface area contributed by atoms with Gasteiger partial charge in [0, 0.05) is 18.7 Å². The topological polar surface area (TPSA) is 61.8 Å². The fourth-order valence-corrected chi connectivity index (χ4v) is 1.98. The highest BCUT2D eigenvalue weighted by Crippen LogP contribution is 2.30. The van der Waals surface area contributed by atoms with Crippen LogP contribution in [0.4, 0.5) is 10.1 Å². The summed E-state index contributed by atoms with van der Waals surface area (Å²) in [4.78, 5) is 1.95. The molecule has 1 aliphatic carbocycles. The molecule has 0 saturated heterocycles. The van der Waals surface area contributed by atoms with Gasteiger partial charge in [0.1, 0.15) is 5.82 Å². The Hall–Kier alpha value is -1.78. The first-order chi connectivity index (χ1) is 8.13. The van der Waals surface area contributed by atoms with Gasteiger partial charge in [-0.25, -0.2) is 4.39 Å². The molecule has 1 aromatic carbocycles. The molecule has 0 aliphatic heterocycles. The molecule has 1 aliphatic rings. The summed E-state index contributed by atoms with van der Waals surface area (Å²) in [6, 6.07) is 5.04. The van der Waals surface area contributed by atoms with Crippen LogP contribution in [0.1, 0.15) is 24.8 Å². The molecule has 3 N–H and O–H groups in total. The molecule has 1 aromatic rings. The van der Waals surface area contributed by atoms with Gasteiger partial charge in [0.05, 0.1) is 5.69 Å². The van der Waals surface area contributed by atoms with Gasteiger partial charge in [0.25, 0.3) is 0 Å². The predicted octanol–water partition coefficient (Wildman–Crippen LogP) is 1.91. The molecule has 0 aromatic heterocycles. The number of amidine groups is 1. The zero-order chi connectivity index (χ0) is 12.4. The van der Waals surface area contributed by atoms with Gasteiger partial charge in [-0.3, -0.25) is 0 Å². The maximum atomic E-state index is 13.9. The molecule has 92 valence electrons. The first-order valence-corrected chi connectivity index (χ1v) is 5.63. The second-order valence-electron chi connectivity index (χ2n) is 4.35. The van der Waals surface area contributed by atoms with Crippen LogP contribution in [-0.4, -0.2) is 24.1 Å². The third kappa shape index (κ3) is 2.18. The monoisotopic (exact) mass is 237 g/mol. The Balaban J connectivity index is 2.24. The number of rotatable bonds is 3. The van der Waals surface area contributed by atoms with E-state index >= 15 is 0 Å². The minimum atomic E-state index is -0.344. The zero-order valence-corrected chi connectivity index (χ0v) is 9.73. The average molecular weight is 237 g/mol. The standard InChI is InChI=1S/C12H16FN3O/c1-16(9-3-2-4-9)11-6-5-8(7-10(11)13)12(14)15-17/h5-7,9,17H,2-4H2,1H3,(H2,14,15). The summed E-state index contributed by atoms with van der Waals surface area (Å²) in [6.45, 7) is 0. The van der Waals surface area contributed by atoms with E-state index in [0.717, 1.165) is 12.8 Å². The summed E-state index contributed by atoms with van der Waals surface area (Å²) in [5, 5.41) is 11.4. The highest BCUT2D eigenvalue weighted by molar-refractivity contribution is 5.97. The summed E-state index contributed by atoms with van der Waals surface area (Å²) in [6.07, 6.45) is 3.43. The van der Waals surface area contributed by atoms with Gasteiger partial charge in [-0.15, -0.1) is 0 Å². The Morgan fingerprint density at radius 2 is 2.24 bits per heavy atom. The van der Waals surface area contributed by atoms with Crippen molar-refractivity contribution in [3.63, 3.8) is 0 Å². The highest BCUT2D eigenvalue weighted by Gasteiger charge is 2.24. The van der Waals surface area contributed by atoms with Gasteiger partial charge in [-0.1, -0.05) is 5.16 Å². The predicted molar refractivity (Wildman–Crippen MR) is 65.0 cm³/mol. The molecule has 0 spiro atoms. The largest absolute Gasteiger partial charge is 0.409 e. The Morgan fingerprint density at radius 1 is 1.53 bits per heavy atom. The van der Waals surface area contributed by atoms with E-state index in [9.17, 15) is 4.39 Å². The van der Waals surface area contributed by atoms with Gasteiger partial charge >= 0.3 is 0 Å². The summed E-state index contributed by atoms with van der Waals surface area (Å²) in [5.41, 5.74) is 6.35. The molecule has 0 amide bonds. The van der Waals surface area contributed by atoms with Crippen molar-refractivity contribution in [3.05, 3.63) is 29.6 Å². The van der Waals surface area contributed by atoms with E-state index in [1.54, 1.807) is 12.1 Å².